The molecule has 1 aromatic heterocycles. The second kappa shape index (κ2) is 8.66. The summed E-state index contributed by atoms with van der Waals surface area (Å²) in [5.74, 6) is 0.362. The molecule has 1 N–H and O–H groups in total. The zero-order chi connectivity index (χ0) is 20.9. The number of nitrogens with zero attached hydrogens (tertiary/aromatic N) is 1. The Labute approximate surface area is 174 Å². The zero-order valence-corrected chi connectivity index (χ0v) is 16.7. The van der Waals surface area contributed by atoms with E-state index < -0.39 is 0 Å². The first kappa shape index (κ1) is 19.5. The maximum absolute atomic E-state index is 12.8. The molecule has 0 aliphatic rings. The SMILES string of the molecule is Cc1cccc(NC(=O)Cn2cc(C(=O)COc3ccccc3)c3ccccc32)c1. The van der Waals surface area contributed by atoms with Gasteiger partial charge >= 0.3 is 0 Å². The van der Waals surface area contributed by atoms with E-state index in [0.29, 0.717) is 11.3 Å². The Morgan fingerprint density at radius 3 is 2.50 bits per heavy atom. The Bertz CT molecular complexity index is 1200. The summed E-state index contributed by atoms with van der Waals surface area (Å²) in [7, 11) is 0. The van der Waals surface area contributed by atoms with Gasteiger partial charge in [-0.2, -0.15) is 0 Å². The van der Waals surface area contributed by atoms with Gasteiger partial charge in [0, 0.05) is 28.4 Å². The molecule has 4 aromatic rings. The molecule has 0 saturated carbocycles. The van der Waals surface area contributed by atoms with Gasteiger partial charge in [-0.05, 0) is 42.8 Å². The molecule has 3 aromatic carbocycles. The van der Waals surface area contributed by atoms with Crippen LogP contribution in [0.15, 0.2) is 85.1 Å². The van der Waals surface area contributed by atoms with E-state index in [-0.39, 0.29) is 24.8 Å². The molecule has 0 aliphatic heterocycles. The maximum atomic E-state index is 12.8. The first-order valence-corrected chi connectivity index (χ1v) is 9.75. The van der Waals surface area contributed by atoms with Crippen LogP contribution in [-0.2, 0) is 11.3 Å². The fourth-order valence-corrected chi connectivity index (χ4v) is 3.42. The van der Waals surface area contributed by atoms with E-state index in [1.807, 2.05) is 85.8 Å². The van der Waals surface area contributed by atoms with Crippen LogP contribution < -0.4 is 10.1 Å². The Morgan fingerprint density at radius 2 is 1.70 bits per heavy atom. The minimum atomic E-state index is -0.152. The van der Waals surface area contributed by atoms with Crippen molar-refractivity contribution < 1.29 is 14.3 Å². The van der Waals surface area contributed by atoms with Gasteiger partial charge in [0.05, 0.1) is 0 Å². The fourth-order valence-electron chi connectivity index (χ4n) is 3.42. The Hall–Kier alpha value is -3.86. The standard InChI is InChI=1S/C25H22N2O3/c1-18-8-7-9-19(14-18)26-25(29)16-27-15-22(21-12-5-6-13-23(21)27)24(28)17-30-20-10-3-2-4-11-20/h2-15H,16-17H2,1H3,(H,26,29). The molecule has 5 nitrogen and oxygen atoms in total. The van der Waals surface area contributed by atoms with Gasteiger partial charge in [-0.1, -0.05) is 48.5 Å². The van der Waals surface area contributed by atoms with Crippen LogP contribution in [0.1, 0.15) is 15.9 Å². The molecule has 0 atom stereocenters. The van der Waals surface area contributed by atoms with E-state index in [9.17, 15) is 9.59 Å². The lowest BCUT2D eigenvalue weighted by Crippen LogP contribution is -2.18. The van der Waals surface area contributed by atoms with Crippen molar-refractivity contribution in [1.82, 2.24) is 4.57 Å². The van der Waals surface area contributed by atoms with Crippen LogP contribution in [-0.4, -0.2) is 22.9 Å². The van der Waals surface area contributed by atoms with Crippen molar-refractivity contribution in [2.45, 2.75) is 13.5 Å². The first-order chi connectivity index (χ1) is 14.6. The molecule has 30 heavy (non-hydrogen) atoms. The van der Waals surface area contributed by atoms with Gasteiger partial charge in [0.1, 0.15) is 12.3 Å². The number of carbonyl (C=O) groups excluding carboxylic acids is 2. The van der Waals surface area contributed by atoms with Crippen LogP contribution in [0.5, 0.6) is 5.75 Å². The number of para-hydroxylation sites is 2. The van der Waals surface area contributed by atoms with Crippen LogP contribution in [0.4, 0.5) is 5.69 Å². The number of rotatable bonds is 7. The van der Waals surface area contributed by atoms with Gasteiger partial charge < -0.3 is 14.6 Å². The van der Waals surface area contributed by atoms with Gasteiger partial charge in [-0.15, -0.1) is 0 Å². The lowest BCUT2D eigenvalue weighted by Gasteiger charge is -2.08. The largest absolute Gasteiger partial charge is 0.485 e. The summed E-state index contributed by atoms with van der Waals surface area (Å²) in [6.45, 7) is 2.03. The summed E-state index contributed by atoms with van der Waals surface area (Å²) in [6, 6.07) is 24.5. The summed E-state index contributed by atoms with van der Waals surface area (Å²) in [6.07, 6.45) is 1.73. The summed E-state index contributed by atoms with van der Waals surface area (Å²) < 4.78 is 7.42. The fraction of sp³-hybridized carbons (Fsp3) is 0.120. The number of fused-ring (bicyclic) bond motifs is 1. The lowest BCUT2D eigenvalue weighted by molar-refractivity contribution is -0.116. The number of ketones is 1. The molecule has 0 unspecified atom stereocenters. The molecular formula is C25H22N2O3. The number of aromatic nitrogens is 1. The predicted octanol–water partition coefficient (Wildman–Crippen LogP) is 4.85. The number of ether oxygens (including phenoxy) is 1. The second-order valence-corrected chi connectivity index (χ2v) is 7.13. The highest BCUT2D eigenvalue weighted by Crippen LogP contribution is 2.22. The number of nitrogens with one attached hydrogen (secondary N) is 1. The van der Waals surface area contributed by atoms with Gasteiger partial charge in [0.2, 0.25) is 11.7 Å². The summed E-state index contributed by atoms with van der Waals surface area (Å²) in [4.78, 5) is 25.4. The highest BCUT2D eigenvalue weighted by atomic mass is 16.5. The van der Waals surface area contributed by atoms with Crippen molar-refractivity contribution in [2.75, 3.05) is 11.9 Å². The van der Waals surface area contributed by atoms with E-state index in [1.165, 1.54) is 0 Å². The van der Waals surface area contributed by atoms with Crippen molar-refractivity contribution in [3.63, 3.8) is 0 Å². The summed E-state index contributed by atoms with van der Waals surface area (Å²) in [5.41, 5.74) is 3.21. The van der Waals surface area contributed by atoms with E-state index >= 15 is 0 Å². The Balaban J connectivity index is 1.53. The number of carbonyl (C=O) groups is 2. The van der Waals surface area contributed by atoms with Crippen LogP contribution in [0, 0.1) is 6.92 Å². The van der Waals surface area contributed by atoms with Crippen LogP contribution in [0.2, 0.25) is 0 Å². The van der Waals surface area contributed by atoms with E-state index in [4.69, 9.17) is 4.74 Å². The highest BCUT2D eigenvalue weighted by Gasteiger charge is 2.17. The third kappa shape index (κ3) is 4.41. The molecule has 5 heteroatoms. The van der Waals surface area contributed by atoms with Crippen molar-refractivity contribution in [3.05, 3.63) is 96.2 Å². The van der Waals surface area contributed by atoms with Gasteiger partial charge in [0.15, 0.2) is 6.61 Å². The molecule has 150 valence electrons. The van der Waals surface area contributed by atoms with Crippen molar-refractivity contribution in [2.24, 2.45) is 0 Å². The smallest absolute Gasteiger partial charge is 0.244 e. The Morgan fingerprint density at radius 1 is 0.933 bits per heavy atom. The van der Waals surface area contributed by atoms with Crippen LogP contribution in [0.25, 0.3) is 10.9 Å². The molecule has 0 aliphatic carbocycles. The molecule has 1 amide bonds. The third-order valence-corrected chi connectivity index (χ3v) is 4.82. The molecule has 0 bridgehead atoms. The third-order valence-electron chi connectivity index (χ3n) is 4.82. The number of hydrogen-bond donors (Lipinski definition) is 1. The van der Waals surface area contributed by atoms with Crippen molar-refractivity contribution in [1.29, 1.82) is 0 Å². The van der Waals surface area contributed by atoms with E-state index in [0.717, 1.165) is 22.2 Å². The quantitative estimate of drug-likeness (QED) is 0.453. The summed E-state index contributed by atoms with van der Waals surface area (Å²) >= 11 is 0. The molecule has 0 spiro atoms. The number of hydrogen-bond acceptors (Lipinski definition) is 3. The molecule has 0 saturated heterocycles. The minimum absolute atomic E-state index is 0.0620. The normalized spacial score (nSPS) is 10.7. The molecule has 0 fully saturated rings. The van der Waals surface area contributed by atoms with E-state index in [2.05, 4.69) is 5.32 Å². The number of Topliss-reactive ketones (excluding diaryl/α,β-unsaturated/α-hetero) is 1. The van der Waals surface area contributed by atoms with Gasteiger partial charge in [-0.3, -0.25) is 9.59 Å². The highest BCUT2D eigenvalue weighted by molar-refractivity contribution is 6.09. The van der Waals surface area contributed by atoms with Crippen LogP contribution in [0.3, 0.4) is 0 Å². The molecule has 1 heterocycles. The Kier molecular flexibility index (Phi) is 5.61. The predicted molar refractivity (Wildman–Crippen MR) is 118 cm³/mol. The monoisotopic (exact) mass is 398 g/mol. The molecular weight excluding hydrogens is 376 g/mol. The van der Waals surface area contributed by atoms with Crippen LogP contribution >= 0.6 is 0 Å². The minimum Gasteiger partial charge on any atom is -0.485 e. The summed E-state index contributed by atoms with van der Waals surface area (Å²) in [5, 5.41) is 3.72. The zero-order valence-electron chi connectivity index (χ0n) is 16.7. The second-order valence-electron chi connectivity index (χ2n) is 7.13. The van der Waals surface area contributed by atoms with Gasteiger partial charge in [-0.25, -0.2) is 0 Å². The molecule has 4 rings (SSSR count). The molecule has 0 radical (unpaired) electrons. The lowest BCUT2D eigenvalue weighted by atomic mass is 10.1. The number of anilines is 1. The average molecular weight is 398 g/mol. The maximum Gasteiger partial charge on any atom is 0.244 e. The first-order valence-electron chi connectivity index (χ1n) is 9.75. The number of amides is 1. The number of benzene rings is 3. The van der Waals surface area contributed by atoms with E-state index in [1.54, 1.807) is 10.8 Å². The topological polar surface area (TPSA) is 60.3 Å². The van der Waals surface area contributed by atoms with Crippen molar-refractivity contribution in [3.8, 4) is 5.75 Å². The average Bonchev–Trinajstić information content (AvgIpc) is 3.11. The van der Waals surface area contributed by atoms with Gasteiger partial charge in [0.25, 0.3) is 0 Å². The number of aryl methyl sites for hydroxylation is 1. The van der Waals surface area contributed by atoms with Crippen molar-refractivity contribution >= 4 is 28.3 Å².